The summed E-state index contributed by atoms with van der Waals surface area (Å²) in [5, 5.41) is 11.9. The molecular weight excluding hydrogens is 324 g/mol. The number of ether oxygens (including phenoxy) is 1. The fraction of sp³-hybridized carbons (Fsp3) is 0.176. The van der Waals surface area contributed by atoms with Crippen LogP contribution in [0.25, 0.3) is 22.6 Å². The molecule has 0 unspecified atom stereocenters. The van der Waals surface area contributed by atoms with E-state index in [1.54, 1.807) is 47.3 Å². The van der Waals surface area contributed by atoms with Crippen molar-refractivity contribution < 1.29 is 18.5 Å². The van der Waals surface area contributed by atoms with Crippen LogP contribution in [0.1, 0.15) is 23.0 Å². The lowest BCUT2D eigenvalue weighted by Crippen LogP contribution is -2.05. The predicted octanol–water partition coefficient (Wildman–Crippen LogP) is 3.06. The van der Waals surface area contributed by atoms with E-state index in [-0.39, 0.29) is 6.61 Å². The van der Waals surface area contributed by atoms with Crippen LogP contribution in [-0.4, -0.2) is 26.1 Å². The highest BCUT2D eigenvalue weighted by Crippen LogP contribution is 2.21. The lowest BCUT2D eigenvalue weighted by molar-refractivity contribution is 0.0464. The summed E-state index contributed by atoms with van der Waals surface area (Å²) in [6.45, 7) is 2.69. The van der Waals surface area contributed by atoms with Crippen LogP contribution in [0, 0.1) is 0 Å². The quantitative estimate of drug-likeness (QED) is 0.516. The molecule has 0 saturated heterocycles. The Morgan fingerprint density at radius 3 is 2.96 bits per heavy atom. The van der Waals surface area contributed by atoms with Crippen LogP contribution in [0.15, 0.2) is 51.6 Å². The molecule has 0 bridgehead atoms. The van der Waals surface area contributed by atoms with Crippen molar-refractivity contribution in [2.24, 2.45) is 0 Å². The van der Waals surface area contributed by atoms with Gasteiger partial charge in [-0.3, -0.25) is 0 Å². The van der Waals surface area contributed by atoms with Crippen molar-refractivity contribution in [3.05, 3.63) is 53.9 Å². The van der Waals surface area contributed by atoms with Crippen LogP contribution in [0.3, 0.4) is 0 Å². The van der Waals surface area contributed by atoms with E-state index in [1.807, 2.05) is 6.92 Å². The lowest BCUT2D eigenvalue weighted by Gasteiger charge is -2.02. The van der Waals surface area contributed by atoms with E-state index >= 15 is 0 Å². The third-order valence-corrected chi connectivity index (χ3v) is 3.72. The van der Waals surface area contributed by atoms with Gasteiger partial charge in [0.1, 0.15) is 17.8 Å². The van der Waals surface area contributed by atoms with Crippen molar-refractivity contribution in [1.82, 2.24) is 20.2 Å². The van der Waals surface area contributed by atoms with Gasteiger partial charge in [-0.25, -0.2) is 9.48 Å². The Morgan fingerprint density at radius 2 is 2.16 bits per heavy atom. The van der Waals surface area contributed by atoms with Crippen molar-refractivity contribution in [3.63, 3.8) is 0 Å². The Bertz CT molecular complexity index is 1020. The minimum atomic E-state index is -0.463. The molecule has 126 valence electrons. The van der Waals surface area contributed by atoms with E-state index in [1.165, 1.54) is 0 Å². The zero-order valence-electron chi connectivity index (χ0n) is 13.4. The van der Waals surface area contributed by atoms with E-state index in [9.17, 15) is 4.79 Å². The highest BCUT2D eigenvalue weighted by atomic mass is 16.5. The number of hydrogen-bond acceptors (Lipinski definition) is 7. The van der Waals surface area contributed by atoms with Crippen molar-refractivity contribution in [2.75, 3.05) is 0 Å². The van der Waals surface area contributed by atoms with Gasteiger partial charge in [0, 0.05) is 12.6 Å². The molecule has 1 aromatic carbocycles. The van der Waals surface area contributed by atoms with Gasteiger partial charge in [0.05, 0.1) is 17.3 Å². The number of furan rings is 1. The van der Waals surface area contributed by atoms with Gasteiger partial charge in [0.2, 0.25) is 5.76 Å². The Balaban J connectivity index is 1.45. The highest BCUT2D eigenvalue weighted by molar-refractivity contribution is 5.93. The molecule has 4 aromatic rings. The van der Waals surface area contributed by atoms with Crippen LogP contribution >= 0.6 is 0 Å². The van der Waals surface area contributed by atoms with Gasteiger partial charge in [-0.1, -0.05) is 10.4 Å². The van der Waals surface area contributed by atoms with Crippen LogP contribution < -0.4 is 0 Å². The molecule has 0 fully saturated rings. The molecular formula is C17H14N4O4. The molecule has 4 rings (SSSR count). The van der Waals surface area contributed by atoms with Crippen LogP contribution in [0.4, 0.5) is 0 Å². The van der Waals surface area contributed by atoms with Gasteiger partial charge in [0.25, 0.3) is 0 Å². The second kappa shape index (κ2) is 6.23. The summed E-state index contributed by atoms with van der Waals surface area (Å²) in [7, 11) is 0. The fourth-order valence-electron chi connectivity index (χ4n) is 2.47. The molecule has 8 heteroatoms. The number of carbonyl (C=O) groups excluding carboxylic acids is 1. The maximum absolute atomic E-state index is 12.2. The average molecular weight is 338 g/mol. The van der Waals surface area contributed by atoms with Gasteiger partial charge < -0.3 is 13.7 Å². The van der Waals surface area contributed by atoms with E-state index in [0.29, 0.717) is 34.8 Å². The summed E-state index contributed by atoms with van der Waals surface area (Å²) in [5.41, 5.74) is 2.43. The minimum absolute atomic E-state index is 0.00271. The summed E-state index contributed by atoms with van der Waals surface area (Å²) < 4.78 is 17.4. The summed E-state index contributed by atoms with van der Waals surface area (Å²) in [4.78, 5) is 12.2. The minimum Gasteiger partial charge on any atom is -0.461 e. The first kappa shape index (κ1) is 15.1. The topological polar surface area (TPSA) is 96.2 Å². The first-order valence-corrected chi connectivity index (χ1v) is 7.74. The molecule has 0 aliphatic heterocycles. The molecule has 0 amide bonds. The van der Waals surface area contributed by atoms with Crippen molar-refractivity contribution in [2.45, 2.75) is 20.1 Å². The van der Waals surface area contributed by atoms with E-state index in [2.05, 4.69) is 15.5 Å². The molecule has 0 radical (unpaired) electrons. The zero-order valence-corrected chi connectivity index (χ0v) is 13.4. The summed E-state index contributed by atoms with van der Waals surface area (Å²) >= 11 is 0. The van der Waals surface area contributed by atoms with Gasteiger partial charge in [-0.05, 0) is 37.3 Å². The number of esters is 1. The van der Waals surface area contributed by atoms with Crippen LogP contribution in [0.5, 0.6) is 0 Å². The normalized spacial score (nSPS) is 11.1. The van der Waals surface area contributed by atoms with Crippen molar-refractivity contribution in [1.29, 1.82) is 0 Å². The molecule has 0 spiro atoms. The second-order valence-electron chi connectivity index (χ2n) is 5.34. The van der Waals surface area contributed by atoms with E-state index < -0.39 is 5.97 Å². The Morgan fingerprint density at radius 1 is 1.24 bits per heavy atom. The Hall–Kier alpha value is -3.42. The molecule has 0 saturated carbocycles. The molecule has 0 aliphatic carbocycles. The summed E-state index contributed by atoms with van der Waals surface area (Å²) in [5.74, 6) is 0.582. The smallest absolute Gasteiger partial charge is 0.338 e. The maximum atomic E-state index is 12.2. The van der Waals surface area contributed by atoms with Crippen LogP contribution in [0.2, 0.25) is 0 Å². The van der Waals surface area contributed by atoms with E-state index in [4.69, 9.17) is 13.7 Å². The summed E-state index contributed by atoms with van der Waals surface area (Å²) in [6.07, 6.45) is 1.54. The van der Waals surface area contributed by atoms with E-state index in [0.717, 1.165) is 5.52 Å². The number of carbonyl (C=O) groups is 1. The van der Waals surface area contributed by atoms with Gasteiger partial charge in [0.15, 0.2) is 5.76 Å². The summed E-state index contributed by atoms with van der Waals surface area (Å²) in [6, 6.07) is 10.3. The molecule has 3 heterocycles. The number of nitrogens with zero attached hydrogens (tertiary/aromatic N) is 4. The lowest BCUT2D eigenvalue weighted by atomic mass is 10.2. The van der Waals surface area contributed by atoms with Crippen molar-refractivity contribution in [3.8, 4) is 11.5 Å². The number of rotatable bonds is 5. The molecule has 0 aliphatic rings. The van der Waals surface area contributed by atoms with Crippen molar-refractivity contribution >= 4 is 17.0 Å². The Labute approximate surface area is 142 Å². The monoisotopic (exact) mass is 338 g/mol. The number of aryl methyl sites for hydroxylation is 1. The maximum Gasteiger partial charge on any atom is 0.338 e. The first-order chi connectivity index (χ1) is 12.2. The third-order valence-electron chi connectivity index (χ3n) is 3.72. The average Bonchev–Trinajstić information content (AvgIpc) is 3.38. The number of fused-ring (bicyclic) bond motifs is 1. The number of aromatic nitrogens is 4. The third kappa shape index (κ3) is 2.89. The van der Waals surface area contributed by atoms with Gasteiger partial charge in [-0.2, -0.15) is 0 Å². The van der Waals surface area contributed by atoms with Gasteiger partial charge >= 0.3 is 5.97 Å². The number of benzene rings is 1. The largest absolute Gasteiger partial charge is 0.461 e. The van der Waals surface area contributed by atoms with Crippen LogP contribution in [-0.2, 0) is 17.9 Å². The number of hydrogen-bond donors (Lipinski definition) is 0. The first-order valence-electron chi connectivity index (χ1n) is 7.74. The molecule has 0 N–H and O–H groups in total. The second-order valence-corrected chi connectivity index (χ2v) is 5.34. The van der Waals surface area contributed by atoms with Gasteiger partial charge in [-0.15, -0.1) is 5.10 Å². The fourth-order valence-corrected chi connectivity index (χ4v) is 2.47. The predicted molar refractivity (Wildman–Crippen MR) is 86.5 cm³/mol. The molecule has 3 aromatic heterocycles. The Kier molecular flexibility index (Phi) is 3.77. The SMILES string of the molecule is CCn1nnc2cc(C(=O)OCc3cc(-c4ccco4)on3)ccc21. The zero-order chi connectivity index (χ0) is 17.2. The highest BCUT2D eigenvalue weighted by Gasteiger charge is 2.14. The molecule has 8 nitrogen and oxygen atoms in total. The standard InChI is InChI=1S/C17H14N4O4/c1-2-21-14-6-5-11(8-13(14)18-20-21)17(22)24-10-12-9-16(25-19-12)15-4-3-7-23-15/h3-9H,2,10H2,1H3. The molecule has 0 atom stereocenters. The molecule has 25 heavy (non-hydrogen) atoms.